The van der Waals surface area contributed by atoms with Crippen LogP contribution in [0.2, 0.25) is 0 Å². The van der Waals surface area contributed by atoms with E-state index in [2.05, 4.69) is 9.97 Å². The van der Waals surface area contributed by atoms with Gasteiger partial charge in [0.15, 0.2) is 5.16 Å². The molecule has 0 aliphatic rings. The predicted octanol–water partition coefficient (Wildman–Crippen LogP) is 3.14. The fraction of sp³-hybridized carbons (Fsp3) is 0.200. The van der Waals surface area contributed by atoms with Gasteiger partial charge in [0.05, 0.1) is 5.52 Å². The largest absolute Gasteiger partial charge is 0.353 e. The molecule has 22 heavy (non-hydrogen) atoms. The van der Waals surface area contributed by atoms with E-state index in [4.69, 9.17) is 0 Å². The van der Waals surface area contributed by atoms with Crippen molar-refractivity contribution in [2.24, 2.45) is 7.05 Å². The molecule has 0 saturated heterocycles. The summed E-state index contributed by atoms with van der Waals surface area (Å²) < 4.78 is 28.2. The Hall–Kier alpha value is -2.15. The Kier molecular flexibility index (Phi) is 3.74. The Morgan fingerprint density at radius 3 is 2.86 bits per heavy atom. The Morgan fingerprint density at radius 1 is 1.32 bits per heavy atom. The minimum absolute atomic E-state index is 0.193. The minimum atomic E-state index is -0.490. The minimum Gasteiger partial charge on any atom is -0.353 e. The number of benzene rings is 1. The number of aromatic amines is 1. The van der Waals surface area contributed by atoms with E-state index < -0.39 is 11.6 Å². The lowest BCUT2D eigenvalue weighted by atomic mass is 10.2. The molecule has 3 rings (SSSR count). The number of nitrogens with one attached hydrogen (secondary N) is 1. The van der Waals surface area contributed by atoms with E-state index in [0.717, 1.165) is 23.9 Å². The first-order valence-corrected chi connectivity index (χ1v) is 7.57. The molecule has 0 bridgehead atoms. The quantitative estimate of drug-likeness (QED) is 0.595. The molecular weight excluding hydrogens is 308 g/mol. The lowest BCUT2D eigenvalue weighted by molar-refractivity contribution is 0.591. The molecule has 0 radical (unpaired) electrons. The molecule has 7 heteroatoms. The van der Waals surface area contributed by atoms with Crippen LogP contribution in [0.15, 0.2) is 34.2 Å². The predicted molar refractivity (Wildman–Crippen MR) is 82.0 cm³/mol. The van der Waals surface area contributed by atoms with Gasteiger partial charge < -0.3 is 4.98 Å². The molecule has 2 aromatic heterocycles. The monoisotopic (exact) mass is 321 g/mol. The number of thioether (sulfide) groups is 1. The number of fused-ring (bicyclic) bond motifs is 1. The summed E-state index contributed by atoms with van der Waals surface area (Å²) >= 11 is 1.19. The van der Waals surface area contributed by atoms with Crippen molar-refractivity contribution in [3.63, 3.8) is 0 Å². The standard InChI is InChI=1S/C15H13F2N3OS/c1-8-5-12-13(18-8)14(21)20(2)15(19-12)22-7-9-6-10(16)3-4-11(9)17/h3-6,18H,7H2,1-2H3. The lowest BCUT2D eigenvalue weighted by Crippen LogP contribution is -2.20. The number of H-pyrrole nitrogens is 1. The van der Waals surface area contributed by atoms with Gasteiger partial charge in [0, 0.05) is 24.1 Å². The molecule has 0 amide bonds. The van der Waals surface area contributed by atoms with Crippen LogP contribution in [0.25, 0.3) is 11.0 Å². The molecule has 2 heterocycles. The second-order valence-electron chi connectivity index (χ2n) is 5.00. The van der Waals surface area contributed by atoms with Crippen molar-refractivity contribution < 1.29 is 8.78 Å². The van der Waals surface area contributed by atoms with Crippen LogP contribution in [0.3, 0.4) is 0 Å². The molecule has 0 fully saturated rings. The van der Waals surface area contributed by atoms with Gasteiger partial charge in [0.25, 0.3) is 5.56 Å². The van der Waals surface area contributed by atoms with E-state index >= 15 is 0 Å². The van der Waals surface area contributed by atoms with Crippen molar-refractivity contribution in [1.82, 2.24) is 14.5 Å². The first kappa shape index (κ1) is 14.8. The zero-order valence-electron chi connectivity index (χ0n) is 12.0. The van der Waals surface area contributed by atoms with Gasteiger partial charge in [-0.15, -0.1) is 0 Å². The second-order valence-corrected chi connectivity index (χ2v) is 5.94. The molecule has 3 aromatic rings. The Balaban J connectivity index is 1.95. The van der Waals surface area contributed by atoms with Gasteiger partial charge in [-0.1, -0.05) is 11.8 Å². The number of aromatic nitrogens is 3. The third-order valence-electron chi connectivity index (χ3n) is 3.32. The summed E-state index contributed by atoms with van der Waals surface area (Å²) in [5, 5.41) is 0.458. The summed E-state index contributed by atoms with van der Waals surface area (Å²) in [7, 11) is 1.61. The fourth-order valence-corrected chi connectivity index (χ4v) is 3.13. The van der Waals surface area contributed by atoms with E-state index in [-0.39, 0.29) is 16.9 Å². The lowest BCUT2D eigenvalue weighted by Gasteiger charge is -2.07. The molecule has 114 valence electrons. The van der Waals surface area contributed by atoms with Crippen molar-refractivity contribution in [1.29, 1.82) is 0 Å². The van der Waals surface area contributed by atoms with Crippen LogP contribution in [0.4, 0.5) is 8.78 Å². The van der Waals surface area contributed by atoms with Crippen molar-refractivity contribution in [3.05, 3.63) is 57.5 Å². The van der Waals surface area contributed by atoms with E-state index in [1.165, 1.54) is 16.3 Å². The van der Waals surface area contributed by atoms with Crippen LogP contribution >= 0.6 is 11.8 Å². The molecule has 0 atom stereocenters. The van der Waals surface area contributed by atoms with Crippen molar-refractivity contribution >= 4 is 22.8 Å². The zero-order valence-corrected chi connectivity index (χ0v) is 12.8. The van der Waals surface area contributed by atoms with Crippen LogP contribution in [0, 0.1) is 18.6 Å². The van der Waals surface area contributed by atoms with Gasteiger partial charge in [0.2, 0.25) is 0 Å². The van der Waals surface area contributed by atoms with Gasteiger partial charge in [-0.25, -0.2) is 13.8 Å². The summed E-state index contributed by atoms with van der Waals surface area (Å²) in [6, 6.07) is 5.10. The molecule has 4 nitrogen and oxygen atoms in total. The molecule has 0 aliphatic carbocycles. The number of hydrogen-bond donors (Lipinski definition) is 1. The van der Waals surface area contributed by atoms with Crippen molar-refractivity contribution in [2.45, 2.75) is 17.8 Å². The van der Waals surface area contributed by atoms with E-state index in [1.54, 1.807) is 13.1 Å². The number of aryl methyl sites for hydroxylation is 1. The zero-order chi connectivity index (χ0) is 15.9. The number of hydrogen-bond acceptors (Lipinski definition) is 3. The molecule has 1 aromatic carbocycles. The number of rotatable bonds is 3. The highest BCUT2D eigenvalue weighted by molar-refractivity contribution is 7.98. The van der Waals surface area contributed by atoms with Crippen LogP contribution in [0.5, 0.6) is 0 Å². The third kappa shape index (κ3) is 2.64. The van der Waals surface area contributed by atoms with E-state index in [1.807, 2.05) is 6.92 Å². The van der Waals surface area contributed by atoms with Crippen LogP contribution in [-0.4, -0.2) is 14.5 Å². The Labute approximate surface area is 129 Å². The fourth-order valence-electron chi connectivity index (χ4n) is 2.18. The highest BCUT2D eigenvalue weighted by Gasteiger charge is 2.12. The third-order valence-corrected chi connectivity index (χ3v) is 4.40. The Bertz CT molecular complexity index is 917. The average molecular weight is 321 g/mol. The molecule has 0 unspecified atom stereocenters. The van der Waals surface area contributed by atoms with E-state index in [9.17, 15) is 13.6 Å². The highest BCUT2D eigenvalue weighted by atomic mass is 32.2. The normalized spacial score (nSPS) is 11.3. The summed E-state index contributed by atoms with van der Waals surface area (Å²) in [5.41, 5.74) is 1.91. The van der Waals surface area contributed by atoms with Crippen molar-refractivity contribution in [2.75, 3.05) is 0 Å². The van der Waals surface area contributed by atoms with Crippen LogP contribution in [-0.2, 0) is 12.8 Å². The topological polar surface area (TPSA) is 50.7 Å². The summed E-state index contributed by atoms with van der Waals surface area (Å²) in [6.07, 6.45) is 0. The summed E-state index contributed by atoms with van der Waals surface area (Å²) in [6.45, 7) is 1.84. The van der Waals surface area contributed by atoms with Gasteiger partial charge in [0.1, 0.15) is 17.2 Å². The van der Waals surface area contributed by atoms with Gasteiger partial charge in [-0.2, -0.15) is 0 Å². The number of nitrogens with zero attached hydrogens (tertiary/aromatic N) is 2. The van der Waals surface area contributed by atoms with Crippen LogP contribution in [0.1, 0.15) is 11.3 Å². The van der Waals surface area contributed by atoms with Gasteiger partial charge in [-0.3, -0.25) is 9.36 Å². The number of halogens is 2. The SMILES string of the molecule is Cc1cc2nc(SCc3cc(F)ccc3F)n(C)c(=O)c2[nH]1. The van der Waals surface area contributed by atoms with Gasteiger partial charge >= 0.3 is 0 Å². The smallest absolute Gasteiger partial charge is 0.278 e. The maximum absolute atomic E-state index is 13.6. The molecular formula is C15H13F2N3OS. The van der Waals surface area contributed by atoms with Crippen LogP contribution < -0.4 is 5.56 Å². The first-order valence-electron chi connectivity index (χ1n) is 6.59. The van der Waals surface area contributed by atoms with Gasteiger partial charge in [-0.05, 0) is 31.2 Å². The first-order chi connectivity index (χ1) is 10.5. The summed E-state index contributed by atoms with van der Waals surface area (Å²) in [4.78, 5) is 19.6. The molecule has 0 aliphatic heterocycles. The maximum atomic E-state index is 13.6. The molecule has 0 saturated carbocycles. The maximum Gasteiger partial charge on any atom is 0.278 e. The average Bonchev–Trinajstić information content (AvgIpc) is 2.85. The second kappa shape index (κ2) is 5.57. The highest BCUT2D eigenvalue weighted by Crippen LogP contribution is 2.23. The summed E-state index contributed by atoms with van der Waals surface area (Å²) in [5.74, 6) is -0.772. The molecule has 0 spiro atoms. The van der Waals surface area contributed by atoms with Crippen molar-refractivity contribution in [3.8, 4) is 0 Å². The van der Waals surface area contributed by atoms with E-state index in [0.29, 0.717) is 16.2 Å². The Morgan fingerprint density at radius 2 is 2.09 bits per heavy atom. The molecule has 1 N–H and O–H groups in total.